The van der Waals surface area contributed by atoms with Gasteiger partial charge in [0, 0.05) is 15.6 Å². The summed E-state index contributed by atoms with van der Waals surface area (Å²) >= 11 is 14.3. The van der Waals surface area contributed by atoms with Crippen LogP contribution in [0.3, 0.4) is 0 Å². The lowest BCUT2D eigenvalue weighted by Gasteiger charge is -2.31. The summed E-state index contributed by atoms with van der Waals surface area (Å²) in [6.45, 7) is 2.27. The molecule has 1 aromatic rings. The van der Waals surface area contributed by atoms with Gasteiger partial charge in [-0.3, -0.25) is 9.59 Å². The fourth-order valence-electron chi connectivity index (χ4n) is 5.05. The number of hydrogen-bond donors (Lipinski definition) is 1. The van der Waals surface area contributed by atoms with Gasteiger partial charge in [0.15, 0.2) is 0 Å². The predicted octanol–water partition coefficient (Wildman–Crippen LogP) is 9.07. The number of amides is 2. The molecule has 2 unspecified atom stereocenters. The van der Waals surface area contributed by atoms with Gasteiger partial charge in [0.2, 0.25) is 11.8 Å². The number of carbonyl (C=O) groups excluding carboxylic acids is 2. The van der Waals surface area contributed by atoms with Crippen LogP contribution in [0, 0.1) is 0 Å². The lowest BCUT2D eigenvalue weighted by molar-refractivity contribution is -0.137. The van der Waals surface area contributed by atoms with Crippen LogP contribution in [0.1, 0.15) is 127 Å². The Kier molecular flexibility index (Phi) is 16.0. The third-order valence-corrected chi connectivity index (χ3v) is 9.00. The maximum Gasteiger partial charge on any atom is 0.240 e. The number of rotatable bonds is 20. The van der Waals surface area contributed by atoms with Crippen molar-refractivity contribution >= 4 is 46.8 Å². The van der Waals surface area contributed by atoms with Crippen LogP contribution in [0.25, 0.3) is 0 Å². The standard InChI is InChI=1S/C29H46Cl2N2O2S/c1-2-3-4-5-6-7-8-9-10-11-12-13-14-15-16-17-21-25(28(32)35)33-26(34)22-36-29(33)27-23(30)19-18-20-24(27)31/h18-20,25,29H,2-17,21-22H2,1H3,(H2,32,35). The minimum Gasteiger partial charge on any atom is -0.368 e. The van der Waals surface area contributed by atoms with Crippen LogP contribution >= 0.6 is 35.0 Å². The molecule has 0 spiro atoms. The van der Waals surface area contributed by atoms with E-state index in [1.165, 1.54) is 95.2 Å². The van der Waals surface area contributed by atoms with Gasteiger partial charge in [-0.2, -0.15) is 0 Å². The summed E-state index contributed by atoms with van der Waals surface area (Å²) in [5.74, 6) is -0.240. The summed E-state index contributed by atoms with van der Waals surface area (Å²) < 4.78 is 0. The molecular formula is C29H46Cl2N2O2S. The average molecular weight is 558 g/mol. The van der Waals surface area contributed by atoms with Crippen molar-refractivity contribution in [3.05, 3.63) is 33.8 Å². The number of primary amides is 1. The van der Waals surface area contributed by atoms with Gasteiger partial charge in [0.25, 0.3) is 0 Å². The molecule has 1 fully saturated rings. The number of nitrogens with zero attached hydrogens (tertiary/aromatic N) is 1. The van der Waals surface area contributed by atoms with E-state index >= 15 is 0 Å². The third-order valence-electron chi connectivity index (χ3n) is 7.15. The molecule has 0 bridgehead atoms. The van der Waals surface area contributed by atoms with Crippen LogP contribution in [-0.2, 0) is 9.59 Å². The molecule has 2 amide bonds. The largest absolute Gasteiger partial charge is 0.368 e. The van der Waals surface area contributed by atoms with Gasteiger partial charge in [0.1, 0.15) is 11.4 Å². The highest BCUT2D eigenvalue weighted by Crippen LogP contribution is 2.46. The highest BCUT2D eigenvalue weighted by atomic mass is 35.5. The second kappa shape index (κ2) is 18.4. The van der Waals surface area contributed by atoms with E-state index in [2.05, 4.69) is 6.92 Å². The summed E-state index contributed by atoms with van der Waals surface area (Å²) in [4.78, 5) is 26.6. The number of thioether (sulfide) groups is 1. The first-order chi connectivity index (χ1) is 17.5. The molecule has 2 N–H and O–H groups in total. The first-order valence-electron chi connectivity index (χ1n) is 14.1. The van der Waals surface area contributed by atoms with Crippen molar-refractivity contribution in [2.75, 3.05) is 5.75 Å². The van der Waals surface area contributed by atoms with Gasteiger partial charge in [-0.1, -0.05) is 139 Å². The molecule has 2 rings (SSSR count). The highest BCUT2D eigenvalue weighted by Gasteiger charge is 2.41. The normalized spacial score (nSPS) is 16.6. The maximum absolute atomic E-state index is 12.7. The zero-order valence-electron chi connectivity index (χ0n) is 22.1. The molecule has 7 heteroatoms. The predicted molar refractivity (Wildman–Crippen MR) is 156 cm³/mol. The fourth-order valence-corrected chi connectivity index (χ4v) is 7.08. The lowest BCUT2D eigenvalue weighted by atomic mass is 10.0. The Labute approximate surface area is 233 Å². The Morgan fingerprint density at radius 3 is 1.78 bits per heavy atom. The van der Waals surface area contributed by atoms with E-state index in [0.717, 1.165) is 19.3 Å². The second-order valence-corrected chi connectivity index (χ2v) is 12.0. The Balaban J connectivity index is 1.61. The van der Waals surface area contributed by atoms with E-state index in [0.29, 0.717) is 27.8 Å². The Hall–Kier alpha value is -0.910. The fraction of sp³-hybridized carbons (Fsp3) is 0.724. The number of hydrogen-bond acceptors (Lipinski definition) is 3. The molecule has 0 aromatic heterocycles. The summed E-state index contributed by atoms with van der Waals surface area (Å²) in [6.07, 6.45) is 21.4. The van der Waals surface area contributed by atoms with Gasteiger partial charge >= 0.3 is 0 Å². The molecule has 1 saturated heterocycles. The molecular weight excluding hydrogens is 511 g/mol. The first-order valence-corrected chi connectivity index (χ1v) is 15.9. The Morgan fingerprint density at radius 1 is 0.889 bits per heavy atom. The van der Waals surface area contributed by atoms with Gasteiger partial charge in [0.05, 0.1) is 5.75 Å². The topological polar surface area (TPSA) is 63.4 Å². The first kappa shape index (κ1) is 31.3. The molecule has 0 radical (unpaired) electrons. The molecule has 1 aliphatic rings. The van der Waals surface area contributed by atoms with Crippen molar-refractivity contribution in [2.24, 2.45) is 5.73 Å². The third kappa shape index (κ3) is 10.8. The van der Waals surface area contributed by atoms with Crippen LogP contribution in [0.2, 0.25) is 10.0 Å². The summed E-state index contributed by atoms with van der Waals surface area (Å²) in [6, 6.07) is 4.68. The van der Waals surface area contributed by atoms with E-state index in [1.54, 1.807) is 23.1 Å². The van der Waals surface area contributed by atoms with Crippen molar-refractivity contribution in [1.29, 1.82) is 0 Å². The number of unbranched alkanes of at least 4 members (excludes halogenated alkanes) is 15. The van der Waals surface area contributed by atoms with Crippen LogP contribution < -0.4 is 5.73 Å². The van der Waals surface area contributed by atoms with E-state index < -0.39 is 11.9 Å². The van der Waals surface area contributed by atoms with Crippen LogP contribution in [-0.4, -0.2) is 28.5 Å². The van der Waals surface area contributed by atoms with Gasteiger partial charge in [-0.15, -0.1) is 11.8 Å². The van der Waals surface area contributed by atoms with Crippen molar-refractivity contribution < 1.29 is 9.59 Å². The van der Waals surface area contributed by atoms with Crippen molar-refractivity contribution in [3.63, 3.8) is 0 Å². The molecule has 36 heavy (non-hydrogen) atoms. The maximum atomic E-state index is 12.7. The zero-order chi connectivity index (χ0) is 26.2. The Morgan fingerprint density at radius 2 is 1.33 bits per heavy atom. The number of nitrogens with two attached hydrogens (primary N) is 1. The van der Waals surface area contributed by atoms with E-state index in [4.69, 9.17) is 28.9 Å². The second-order valence-electron chi connectivity index (χ2n) is 10.1. The zero-order valence-corrected chi connectivity index (χ0v) is 24.4. The molecule has 2 atom stereocenters. The molecule has 1 aromatic carbocycles. The SMILES string of the molecule is CCCCCCCCCCCCCCCCCCC(C(N)=O)N1C(=O)CSC1c1c(Cl)cccc1Cl. The van der Waals surface area contributed by atoms with Gasteiger partial charge in [-0.05, 0) is 18.6 Å². The molecule has 1 aliphatic heterocycles. The number of halogens is 2. The van der Waals surface area contributed by atoms with Crippen LogP contribution in [0.15, 0.2) is 18.2 Å². The minimum absolute atomic E-state index is 0.0821. The Bertz CT molecular complexity index is 772. The van der Waals surface area contributed by atoms with Crippen LogP contribution in [0.5, 0.6) is 0 Å². The van der Waals surface area contributed by atoms with E-state index in [-0.39, 0.29) is 11.3 Å². The van der Waals surface area contributed by atoms with E-state index in [1.807, 2.05) is 0 Å². The number of benzene rings is 1. The lowest BCUT2D eigenvalue weighted by Crippen LogP contribution is -2.46. The monoisotopic (exact) mass is 556 g/mol. The number of carbonyl (C=O) groups is 2. The quantitative estimate of drug-likeness (QED) is 0.163. The summed E-state index contributed by atoms with van der Waals surface area (Å²) in [5.41, 5.74) is 6.44. The summed E-state index contributed by atoms with van der Waals surface area (Å²) in [7, 11) is 0. The van der Waals surface area contributed by atoms with Crippen molar-refractivity contribution in [1.82, 2.24) is 4.90 Å². The van der Waals surface area contributed by atoms with E-state index in [9.17, 15) is 9.59 Å². The average Bonchev–Trinajstić information content (AvgIpc) is 3.21. The molecule has 204 valence electrons. The molecule has 0 saturated carbocycles. The van der Waals surface area contributed by atoms with Gasteiger partial charge < -0.3 is 10.6 Å². The highest BCUT2D eigenvalue weighted by molar-refractivity contribution is 8.00. The molecule has 1 heterocycles. The minimum atomic E-state index is -0.628. The van der Waals surface area contributed by atoms with Crippen molar-refractivity contribution in [2.45, 2.75) is 127 Å². The van der Waals surface area contributed by atoms with Crippen LogP contribution in [0.4, 0.5) is 0 Å². The molecule has 4 nitrogen and oxygen atoms in total. The van der Waals surface area contributed by atoms with Crippen molar-refractivity contribution in [3.8, 4) is 0 Å². The summed E-state index contributed by atoms with van der Waals surface area (Å²) in [5, 5.41) is 0.632. The molecule has 0 aliphatic carbocycles. The smallest absolute Gasteiger partial charge is 0.240 e. The van der Waals surface area contributed by atoms with Gasteiger partial charge in [-0.25, -0.2) is 0 Å².